The van der Waals surface area contributed by atoms with Crippen LogP contribution in [0.2, 0.25) is 0 Å². The van der Waals surface area contributed by atoms with Gasteiger partial charge in [0.25, 0.3) is 6.43 Å². The van der Waals surface area contributed by atoms with Crippen molar-refractivity contribution in [2.75, 3.05) is 6.54 Å². The van der Waals surface area contributed by atoms with Crippen LogP contribution >= 0.6 is 0 Å². The molecule has 0 saturated heterocycles. The highest BCUT2D eigenvalue weighted by molar-refractivity contribution is 5.54. The molecule has 0 fully saturated rings. The van der Waals surface area contributed by atoms with E-state index in [9.17, 15) is 29.8 Å². The maximum absolute atomic E-state index is 13.4. The van der Waals surface area contributed by atoms with Gasteiger partial charge in [0, 0.05) is 17.8 Å². The highest BCUT2D eigenvalue weighted by Gasteiger charge is 2.34. The molecule has 0 atom stereocenters. The van der Waals surface area contributed by atoms with Gasteiger partial charge in [0.15, 0.2) is 0 Å². The first-order chi connectivity index (χ1) is 17.9. The summed E-state index contributed by atoms with van der Waals surface area (Å²) in [7, 11) is 0. The van der Waals surface area contributed by atoms with Gasteiger partial charge in [-0.1, -0.05) is 52.5 Å². The first kappa shape index (κ1) is 30.8. The Labute approximate surface area is 226 Å². The Balaban J connectivity index is 1.92. The van der Waals surface area contributed by atoms with Gasteiger partial charge in [-0.2, -0.15) is 21.0 Å². The molecule has 0 saturated carbocycles. The highest BCUT2D eigenvalue weighted by Crippen LogP contribution is 2.45. The van der Waals surface area contributed by atoms with E-state index in [-0.39, 0.29) is 16.4 Å². The van der Waals surface area contributed by atoms with Gasteiger partial charge in [0.1, 0.15) is 12.1 Å². The second kappa shape index (κ2) is 13.4. The van der Waals surface area contributed by atoms with Crippen LogP contribution in [-0.2, 0) is 0 Å². The topological polar surface area (TPSA) is 107 Å². The zero-order valence-electron chi connectivity index (χ0n) is 23.4. The molecule has 1 N–H and O–H groups in total. The summed E-state index contributed by atoms with van der Waals surface area (Å²) in [6.45, 7) is 10.8. The van der Waals surface area contributed by atoms with Crippen molar-refractivity contribution < 1.29 is 8.78 Å². The molecule has 202 valence electrons. The Morgan fingerprint density at radius 3 is 1.95 bits per heavy atom. The van der Waals surface area contributed by atoms with Gasteiger partial charge in [-0.05, 0) is 73.8 Å². The van der Waals surface area contributed by atoms with Crippen molar-refractivity contribution in [1.29, 1.82) is 21.0 Å². The average Bonchev–Trinajstić information content (AvgIpc) is 2.83. The first-order valence-electron chi connectivity index (χ1n) is 13.4. The van der Waals surface area contributed by atoms with Crippen LogP contribution in [0.1, 0.15) is 98.8 Å². The van der Waals surface area contributed by atoms with Gasteiger partial charge in [-0.3, -0.25) is 0 Å². The molecule has 0 aromatic heterocycles. The smallest absolute Gasteiger partial charge is 0.273 e. The van der Waals surface area contributed by atoms with Crippen molar-refractivity contribution >= 4 is 0 Å². The summed E-state index contributed by atoms with van der Waals surface area (Å²) < 4.78 is 26.9. The van der Waals surface area contributed by atoms with Gasteiger partial charge in [-0.25, -0.2) is 8.78 Å². The summed E-state index contributed by atoms with van der Waals surface area (Å²) >= 11 is 0. The normalized spacial score (nSPS) is 21.3. The summed E-state index contributed by atoms with van der Waals surface area (Å²) in [5.74, 6) is 0. The van der Waals surface area contributed by atoms with Crippen LogP contribution < -0.4 is 5.32 Å². The lowest BCUT2D eigenvalue weighted by Gasteiger charge is -2.34. The van der Waals surface area contributed by atoms with E-state index in [1.807, 2.05) is 13.8 Å². The van der Waals surface area contributed by atoms with Gasteiger partial charge in [0.05, 0.1) is 28.9 Å². The molecular weight excluding hydrogens is 480 g/mol. The number of nitriles is 4. The monoisotopic (exact) mass is 519 g/mol. The molecule has 0 aliphatic heterocycles. The summed E-state index contributed by atoms with van der Waals surface area (Å²) in [4.78, 5) is 0. The van der Waals surface area contributed by atoms with E-state index < -0.39 is 12.0 Å². The molecule has 0 amide bonds. The number of allylic oxidation sites excluding steroid dienone is 8. The van der Waals surface area contributed by atoms with Crippen molar-refractivity contribution in [3.63, 3.8) is 0 Å². The highest BCUT2D eigenvalue weighted by atomic mass is 19.3. The molecular formula is C31H39F2N5. The third-order valence-corrected chi connectivity index (χ3v) is 7.42. The maximum Gasteiger partial charge on any atom is 0.273 e. The molecule has 0 radical (unpaired) electrons. The minimum atomic E-state index is -2.88. The fourth-order valence-corrected chi connectivity index (χ4v) is 5.63. The van der Waals surface area contributed by atoms with Crippen molar-refractivity contribution in [2.24, 2.45) is 10.8 Å². The van der Waals surface area contributed by atoms with Gasteiger partial charge in [-0.15, -0.1) is 0 Å². The van der Waals surface area contributed by atoms with Crippen molar-refractivity contribution in [3.8, 4) is 24.3 Å². The fraction of sp³-hybridized carbons (Fsp3) is 0.613. The zero-order valence-corrected chi connectivity index (χ0v) is 23.4. The molecule has 2 aliphatic carbocycles. The molecule has 0 aromatic carbocycles. The standard InChI is InChI=1S/C31H39F2N5/c1-21(17-34)23-14-31(4,5)16-28(26(23)19-36)38-12-10-8-6-7-9-11-22-13-30(2,3)15-24(25(22)18-35)27(20-37)29(32)33/h29,38H,6-16H2,1-5H3/b23-21-,27-24+. The summed E-state index contributed by atoms with van der Waals surface area (Å²) in [5, 5.41) is 41.5. The summed E-state index contributed by atoms with van der Waals surface area (Å²) in [5.41, 5.74) is 3.54. The minimum absolute atomic E-state index is 0.0147. The summed E-state index contributed by atoms with van der Waals surface area (Å²) in [6, 6.07) is 8.26. The van der Waals surface area contributed by atoms with Crippen LogP contribution in [0.4, 0.5) is 8.78 Å². The van der Waals surface area contributed by atoms with E-state index >= 15 is 0 Å². The molecule has 0 aromatic rings. The lowest BCUT2D eigenvalue weighted by atomic mass is 9.70. The predicted molar refractivity (Wildman–Crippen MR) is 144 cm³/mol. The van der Waals surface area contributed by atoms with Gasteiger partial charge < -0.3 is 5.32 Å². The minimum Gasteiger partial charge on any atom is -0.387 e. The van der Waals surface area contributed by atoms with Crippen molar-refractivity contribution in [1.82, 2.24) is 5.32 Å². The Morgan fingerprint density at radius 2 is 1.37 bits per heavy atom. The lowest BCUT2D eigenvalue weighted by Crippen LogP contribution is -2.28. The van der Waals surface area contributed by atoms with Gasteiger partial charge in [0.2, 0.25) is 0 Å². The molecule has 0 bridgehead atoms. The first-order valence-corrected chi connectivity index (χ1v) is 13.4. The number of nitrogens with one attached hydrogen (secondary N) is 1. The molecule has 0 heterocycles. The average molecular weight is 520 g/mol. The third-order valence-electron chi connectivity index (χ3n) is 7.42. The maximum atomic E-state index is 13.4. The number of hydrogen-bond donors (Lipinski definition) is 1. The number of alkyl halides is 2. The largest absolute Gasteiger partial charge is 0.387 e. The quantitative estimate of drug-likeness (QED) is 0.232. The number of rotatable bonds is 10. The Morgan fingerprint density at radius 1 is 0.789 bits per heavy atom. The third kappa shape index (κ3) is 8.04. The number of nitrogens with zero attached hydrogens (tertiary/aromatic N) is 4. The lowest BCUT2D eigenvalue weighted by molar-refractivity contribution is 0.192. The second-order valence-corrected chi connectivity index (χ2v) is 12.1. The van der Waals surface area contributed by atoms with Crippen LogP contribution in [0, 0.1) is 56.2 Å². The van der Waals surface area contributed by atoms with Crippen LogP contribution in [0.25, 0.3) is 0 Å². The molecule has 0 unspecified atom stereocenters. The van der Waals surface area contributed by atoms with Crippen LogP contribution in [-0.4, -0.2) is 13.0 Å². The van der Waals surface area contributed by atoms with E-state index in [4.69, 9.17) is 0 Å². The van der Waals surface area contributed by atoms with Crippen molar-refractivity contribution in [3.05, 3.63) is 44.7 Å². The van der Waals surface area contributed by atoms with Crippen LogP contribution in [0.15, 0.2) is 44.7 Å². The van der Waals surface area contributed by atoms with E-state index in [0.717, 1.165) is 68.3 Å². The molecule has 0 spiro atoms. The molecule has 5 nitrogen and oxygen atoms in total. The SMILES string of the molecule is C/C(C#N)=C1\CC(C)(C)CC(NCCCCCCCC2=C(C#N)/C(=C(\C#N)C(F)F)CC(C)(C)C2)=C1C#N. The Hall–Kier alpha value is -3.42. The predicted octanol–water partition coefficient (Wildman–Crippen LogP) is 8.08. The second-order valence-electron chi connectivity index (χ2n) is 12.1. The Kier molecular flexibility index (Phi) is 10.9. The van der Waals surface area contributed by atoms with Gasteiger partial charge >= 0.3 is 0 Å². The summed E-state index contributed by atoms with van der Waals surface area (Å²) in [6.07, 6.45) is 5.10. The molecule has 2 rings (SSSR count). The van der Waals surface area contributed by atoms with E-state index in [1.165, 1.54) is 0 Å². The van der Waals surface area contributed by atoms with Crippen LogP contribution in [0.5, 0.6) is 0 Å². The Bertz CT molecular complexity index is 1200. The number of unbranched alkanes of at least 4 members (excludes halogenated alkanes) is 4. The van der Waals surface area contributed by atoms with E-state index in [2.05, 4.69) is 37.4 Å². The van der Waals surface area contributed by atoms with E-state index in [0.29, 0.717) is 36.0 Å². The van der Waals surface area contributed by atoms with Crippen LogP contribution in [0.3, 0.4) is 0 Å². The zero-order chi connectivity index (χ0) is 28.5. The van der Waals surface area contributed by atoms with E-state index in [1.54, 1.807) is 13.0 Å². The van der Waals surface area contributed by atoms with Crippen molar-refractivity contribution in [2.45, 2.75) is 105 Å². The number of halogens is 2. The molecule has 2 aliphatic rings. The fourth-order valence-electron chi connectivity index (χ4n) is 5.63. The number of hydrogen-bond acceptors (Lipinski definition) is 5. The molecule has 38 heavy (non-hydrogen) atoms. The molecule has 7 heteroatoms.